The van der Waals surface area contributed by atoms with E-state index in [-0.39, 0.29) is 11.6 Å². The molecular formula is C12H24N2O. The maximum atomic E-state index is 9.85. The molecule has 2 fully saturated rings. The zero-order chi connectivity index (χ0) is 10.9. The topological polar surface area (TPSA) is 35.5 Å². The van der Waals surface area contributed by atoms with E-state index in [0.29, 0.717) is 6.04 Å². The van der Waals surface area contributed by atoms with Crippen molar-refractivity contribution in [3.63, 3.8) is 0 Å². The van der Waals surface area contributed by atoms with Gasteiger partial charge in [-0.1, -0.05) is 12.8 Å². The van der Waals surface area contributed by atoms with Gasteiger partial charge in [-0.2, -0.15) is 0 Å². The Bertz CT molecular complexity index is 212. The molecule has 0 amide bonds. The molecule has 1 aliphatic heterocycles. The van der Waals surface area contributed by atoms with Crippen LogP contribution in [0.5, 0.6) is 0 Å². The number of rotatable bonds is 1. The highest BCUT2D eigenvalue weighted by molar-refractivity contribution is 4.94. The fourth-order valence-corrected chi connectivity index (χ4v) is 3.04. The fraction of sp³-hybridized carbons (Fsp3) is 1.00. The van der Waals surface area contributed by atoms with Crippen molar-refractivity contribution in [2.24, 2.45) is 0 Å². The van der Waals surface area contributed by atoms with Crippen LogP contribution in [0, 0.1) is 0 Å². The number of hydrogen-bond donors (Lipinski definition) is 2. The Kier molecular flexibility index (Phi) is 3.33. The first kappa shape index (κ1) is 11.4. The third-order valence-corrected chi connectivity index (χ3v) is 3.89. The molecule has 1 aliphatic carbocycles. The molecule has 0 bridgehead atoms. The molecule has 2 aliphatic rings. The van der Waals surface area contributed by atoms with E-state index in [2.05, 4.69) is 24.1 Å². The van der Waals surface area contributed by atoms with Crippen molar-refractivity contribution in [1.82, 2.24) is 10.2 Å². The summed E-state index contributed by atoms with van der Waals surface area (Å²) in [5.74, 6) is 0. The maximum absolute atomic E-state index is 9.85. The summed E-state index contributed by atoms with van der Waals surface area (Å²) in [6.07, 6.45) is 5.15. The Morgan fingerprint density at radius 2 is 1.93 bits per heavy atom. The first-order valence-electron chi connectivity index (χ1n) is 6.25. The van der Waals surface area contributed by atoms with E-state index in [1.165, 1.54) is 25.7 Å². The van der Waals surface area contributed by atoms with Gasteiger partial charge in [0.15, 0.2) is 0 Å². The van der Waals surface area contributed by atoms with Crippen LogP contribution in [0.2, 0.25) is 0 Å². The number of nitrogens with one attached hydrogen (secondary N) is 1. The highest BCUT2D eigenvalue weighted by Gasteiger charge is 2.36. The van der Waals surface area contributed by atoms with E-state index in [9.17, 15) is 5.11 Å². The lowest BCUT2D eigenvalue weighted by Crippen LogP contribution is -2.53. The fourth-order valence-electron chi connectivity index (χ4n) is 3.04. The lowest BCUT2D eigenvalue weighted by molar-refractivity contribution is 0.0416. The van der Waals surface area contributed by atoms with Gasteiger partial charge in [-0.15, -0.1) is 0 Å². The van der Waals surface area contributed by atoms with Crippen molar-refractivity contribution >= 4 is 0 Å². The van der Waals surface area contributed by atoms with Gasteiger partial charge in [0, 0.05) is 31.2 Å². The van der Waals surface area contributed by atoms with Crippen LogP contribution in [0.4, 0.5) is 0 Å². The van der Waals surface area contributed by atoms with Crippen molar-refractivity contribution in [3.05, 3.63) is 0 Å². The minimum absolute atomic E-state index is 0.187. The molecule has 3 nitrogen and oxygen atoms in total. The molecule has 0 aromatic heterocycles. The third kappa shape index (κ3) is 2.52. The Hall–Kier alpha value is -0.120. The minimum Gasteiger partial charge on any atom is -0.390 e. The van der Waals surface area contributed by atoms with Crippen LogP contribution in [0.15, 0.2) is 0 Å². The predicted molar refractivity (Wildman–Crippen MR) is 61.9 cm³/mol. The molecule has 2 rings (SSSR count). The standard InChI is InChI=1S/C12H24N2O/c1-12(2)9-13-7-11(15)8-14(12)10-5-3-4-6-10/h10-11,13,15H,3-9H2,1-2H3. The smallest absolute Gasteiger partial charge is 0.0791 e. The number of hydrogen-bond acceptors (Lipinski definition) is 3. The van der Waals surface area contributed by atoms with Crippen LogP contribution >= 0.6 is 0 Å². The van der Waals surface area contributed by atoms with Gasteiger partial charge in [0.2, 0.25) is 0 Å². The molecule has 0 spiro atoms. The molecule has 15 heavy (non-hydrogen) atoms. The second-order valence-corrected chi connectivity index (χ2v) is 5.69. The average Bonchev–Trinajstić information content (AvgIpc) is 2.62. The first-order chi connectivity index (χ1) is 7.09. The lowest BCUT2D eigenvalue weighted by atomic mass is 9.99. The summed E-state index contributed by atoms with van der Waals surface area (Å²) in [4.78, 5) is 2.53. The molecule has 1 unspecified atom stereocenters. The van der Waals surface area contributed by atoms with Crippen molar-refractivity contribution < 1.29 is 5.11 Å². The van der Waals surface area contributed by atoms with Crippen molar-refractivity contribution in [2.45, 2.75) is 57.2 Å². The van der Waals surface area contributed by atoms with Gasteiger partial charge in [0.25, 0.3) is 0 Å². The summed E-state index contributed by atoms with van der Waals surface area (Å²) < 4.78 is 0. The van der Waals surface area contributed by atoms with Gasteiger partial charge in [-0.25, -0.2) is 0 Å². The largest absolute Gasteiger partial charge is 0.390 e. The van der Waals surface area contributed by atoms with Crippen LogP contribution in [-0.2, 0) is 0 Å². The molecule has 2 N–H and O–H groups in total. The molecule has 3 heteroatoms. The van der Waals surface area contributed by atoms with Gasteiger partial charge in [0.05, 0.1) is 6.10 Å². The van der Waals surface area contributed by atoms with E-state index in [1.54, 1.807) is 0 Å². The zero-order valence-corrected chi connectivity index (χ0v) is 10.00. The number of aliphatic hydroxyl groups excluding tert-OH is 1. The van der Waals surface area contributed by atoms with Gasteiger partial charge < -0.3 is 10.4 Å². The second-order valence-electron chi connectivity index (χ2n) is 5.69. The van der Waals surface area contributed by atoms with Crippen LogP contribution in [-0.4, -0.2) is 47.3 Å². The number of β-amino-alcohol motifs (C(OH)–C–C–N with tert-alkyl or cyclic N) is 1. The Labute approximate surface area is 92.8 Å². The van der Waals surface area contributed by atoms with E-state index in [0.717, 1.165) is 19.6 Å². The van der Waals surface area contributed by atoms with E-state index in [4.69, 9.17) is 0 Å². The molecular weight excluding hydrogens is 188 g/mol. The SMILES string of the molecule is CC1(C)CNCC(O)CN1C1CCCC1. The third-order valence-electron chi connectivity index (χ3n) is 3.89. The van der Waals surface area contributed by atoms with Crippen molar-refractivity contribution in [1.29, 1.82) is 0 Å². The Morgan fingerprint density at radius 1 is 1.27 bits per heavy atom. The summed E-state index contributed by atoms with van der Waals surface area (Å²) in [6.45, 7) is 7.14. The number of aliphatic hydroxyl groups is 1. The first-order valence-corrected chi connectivity index (χ1v) is 6.25. The quantitative estimate of drug-likeness (QED) is 0.680. The predicted octanol–water partition coefficient (Wildman–Crippen LogP) is 0.974. The molecule has 1 atom stereocenters. The average molecular weight is 212 g/mol. The van der Waals surface area contributed by atoms with Crippen LogP contribution < -0.4 is 5.32 Å². The highest BCUT2D eigenvalue weighted by atomic mass is 16.3. The molecule has 1 saturated carbocycles. The lowest BCUT2D eigenvalue weighted by Gasteiger charge is -2.41. The van der Waals surface area contributed by atoms with Crippen LogP contribution in [0.1, 0.15) is 39.5 Å². The summed E-state index contributed by atoms with van der Waals surface area (Å²) in [6, 6.07) is 0.703. The monoisotopic (exact) mass is 212 g/mol. The molecule has 0 radical (unpaired) electrons. The molecule has 0 aromatic rings. The molecule has 1 heterocycles. The summed E-state index contributed by atoms with van der Waals surface area (Å²) in [5, 5.41) is 13.2. The summed E-state index contributed by atoms with van der Waals surface area (Å²) in [5.41, 5.74) is 0.187. The molecule has 88 valence electrons. The van der Waals surface area contributed by atoms with Gasteiger partial charge in [0.1, 0.15) is 0 Å². The Morgan fingerprint density at radius 3 is 2.60 bits per heavy atom. The number of nitrogens with zero attached hydrogens (tertiary/aromatic N) is 1. The van der Waals surface area contributed by atoms with Crippen LogP contribution in [0.25, 0.3) is 0 Å². The molecule has 1 saturated heterocycles. The summed E-state index contributed by atoms with van der Waals surface area (Å²) >= 11 is 0. The molecule has 0 aromatic carbocycles. The highest BCUT2D eigenvalue weighted by Crippen LogP contribution is 2.29. The van der Waals surface area contributed by atoms with Gasteiger partial charge >= 0.3 is 0 Å². The van der Waals surface area contributed by atoms with Crippen LogP contribution in [0.3, 0.4) is 0 Å². The van der Waals surface area contributed by atoms with E-state index >= 15 is 0 Å². The Balaban J connectivity index is 2.08. The normalized spacial score (nSPS) is 34.2. The van der Waals surface area contributed by atoms with Gasteiger partial charge in [-0.3, -0.25) is 4.90 Å². The summed E-state index contributed by atoms with van der Waals surface area (Å²) in [7, 11) is 0. The second kappa shape index (κ2) is 4.40. The van der Waals surface area contributed by atoms with E-state index < -0.39 is 0 Å². The minimum atomic E-state index is -0.202. The van der Waals surface area contributed by atoms with E-state index in [1.807, 2.05) is 0 Å². The maximum Gasteiger partial charge on any atom is 0.0791 e. The van der Waals surface area contributed by atoms with Crippen molar-refractivity contribution in [3.8, 4) is 0 Å². The zero-order valence-electron chi connectivity index (χ0n) is 10.00. The van der Waals surface area contributed by atoms with Gasteiger partial charge in [-0.05, 0) is 26.7 Å². The van der Waals surface area contributed by atoms with Crippen molar-refractivity contribution in [2.75, 3.05) is 19.6 Å².